The lowest BCUT2D eigenvalue weighted by molar-refractivity contribution is -0.132. The number of hydrogen-bond donors (Lipinski definition) is 1. The maximum atomic E-state index is 12.4. The monoisotopic (exact) mass is 388 g/mol. The Balaban J connectivity index is 1.66. The van der Waals surface area contributed by atoms with E-state index in [4.69, 9.17) is 11.6 Å². The number of benzene rings is 1. The SMILES string of the molecule is CN(C(=O)C[C@H]1Sc2ccc(Cl)cc2NC1=O)[C@@H]1CCS(=O)(=O)C1. The van der Waals surface area contributed by atoms with Gasteiger partial charge in [0, 0.05) is 29.4 Å². The van der Waals surface area contributed by atoms with E-state index in [2.05, 4.69) is 5.32 Å². The summed E-state index contributed by atoms with van der Waals surface area (Å²) in [5.41, 5.74) is 0.649. The van der Waals surface area contributed by atoms with E-state index in [9.17, 15) is 18.0 Å². The summed E-state index contributed by atoms with van der Waals surface area (Å²) in [6.07, 6.45) is 0.488. The van der Waals surface area contributed by atoms with Gasteiger partial charge in [-0.2, -0.15) is 0 Å². The third kappa shape index (κ3) is 3.70. The zero-order chi connectivity index (χ0) is 17.5. The molecule has 1 saturated heterocycles. The first kappa shape index (κ1) is 17.6. The number of thioether (sulfide) groups is 1. The van der Waals surface area contributed by atoms with Crippen molar-refractivity contribution in [3.63, 3.8) is 0 Å². The van der Waals surface area contributed by atoms with Gasteiger partial charge in [-0.15, -0.1) is 11.8 Å². The van der Waals surface area contributed by atoms with Crippen molar-refractivity contribution >= 4 is 50.7 Å². The van der Waals surface area contributed by atoms with E-state index in [0.29, 0.717) is 17.1 Å². The minimum Gasteiger partial charge on any atom is -0.342 e. The van der Waals surface area contributed by atoms with Gasteiger partial charge in [0.1, 0.15) is 0 Å². The minimum atomic E-state index is -3.05. The highest BCUT2D eigenvalue weighted by atomic mass is 35.5. The van der Waals surface area contributed by atoms with E-state index in [0.717, 1.165) is 4.90 Å². The second kappa shape index (κ2) is 6.57. The molecule has 2 aliphatic heterocycles. The number of nitrogens with zero attached hydrogens (tertiary/aromatic N) is 1. The predicted molar refractivity (Wildman–Crippen MR) is 94.2 cm³/mol. The van der Waals surface area contributed by atoms with Crippen molar-refractivity contribution in [2.45, 2.75) is 29.0 Å². The summed E-state index contributed by atoms with van der Waals surface area (Å²) in [5, 5.41) is 2.77. The van der Waals surface area contributed by atoms with Gasteiger partial charge in [-0.1, -0.05) is 11.6 Å². The zero-order valence-corrected chi connectivity index (χ0v) is 15.4. The largest absolute Gasteiger partial charge is 0.342 e. The molecule has 1 fully saturated rings. The summed E-state index contributed by atoms with van der Waals surface area (Å²) in [5.74, 6) is -0.347. The van der Waals surface area contributed by atoms with Gasteiger partial charge < -0.3 is 10.2 Å². The lowest BCUT2D eigenvalue weighted by atomic mass is 10.2. The number of halogens is 1. The molecule has 0 radical (unpaired) electrons. The molecule has 2 aliphatic rings. The number of hydrogen-bond acceptors (Lipinski definition) is 5. The normalized spacial score (nSPS) is 25.0. The van der Waals surface area contributed by atoms with E-state index in [1.807, 2.05) is 6.07 Å². The van der Waals surface area contributed by atoms with Crippen LogP contribution in [0.2, 0.25) is 5.02 Å². The number of rotatable bonds is 3. The molecule has 0 aliphatic carbocycles. The van der Waals surface area contributed by atoms with Crippen molar-refractivity contribution in [2.75, 3.05) is 23.9 Å². The Morgan fingerprint density at radius 2 is 2.21 bits per heavy atom. The van der Waals surface area contributed by atoms with Crippen LogP contribution in [-0.2, 0) is 19.4 Å². The first-order valence-corrected chi connectivity index (χ1v) is 10.6. The minimum absolute atomic E-state index is 0.000574. The summed E-state index contributed by atoms with van der Waals surface area (Å²) in [7, 11) is -1.45. The highest BCUT2D eigenvalue weighted by Crippen LogP contribution is 2.38. The average Bonchev–Trinajstić information content (AvgIpc) is 2.87. The fourth-order valence-electron chi connectivity index (χ4n) is 2.84. The van der Waals surface area contributed by atoms with Crippen molar-refractivity contribution in [3.05, 3.63) is 23.2 Å². The quantitative estimate of drug-likeness (QED) is 0.853. The predicted octanol–water partition coefficient (Wildman–Crippen LogP) is 1.79. The van der Waals surface area contributed by atoms with Crippen LogP contribution in [0.1, 0.15) is 12.8 Å². The molecular formula is C15H17ClN2O4S2. The van der Waals surface area contributed by atoms with Crippen LogP contribution in [0, 0.1) is 0 Å². The molecule has 0 spiro atoms. The third-order valence-electron chi connectivity index (χ3n) is 4.27. The molecule has 9 heteroatoms. The standard InChI is InChI=1S/C15H17ClN2O4S2/c1-18(10-4-5-24(21,22)8-10)14(19)7-13-15(20)17-11-6-9(16)2-3-12(11)23-13/h2-3,6,10,13H,4-5,7-8H2,1H3,(H,17,20)/t10-,13-/m1/s1. The Morgan fingerprint density at radius 3 is 2.88 bits per heavy atom. The second-order valence-corrected chi connectivity index (χ2v) is 9.91. The Kier molecular flexibility index (Phi) is 4.81. The Morgan fingerprint density at radius 1 is 1.46 bits per heavy atom. The Hall–Kier alpha value is -1.25. The molecule has 0 unspecified atom stereocenters. The number of amides is 2. The molecule has 24 heavy (non-hydrogen) atoms. The lowest BCUT2D eigenvalue weighted by Gasteiger charge is -2.28. The molecule has 130 valence electrons. The molecule has 0 aromatic heterocycles. The lowest BCUT2D eigenvalue weighted by Crippen LogP contribution is -2.41. The van der Waals surface area contributed by atoms with Crippen LogP contribution in [0.3, 0.4) is 0 Å². The van der Waals surface area contributed by atoms with Gasteiger partial charge in [0.15, 0.2) is 9.84 Å². The van der Waals surface area contributed by atoms with Crippen LogP contribution < -0.4 is 5.32 Å². The highest BCUT2D eigenvalue weighted by Gasteiger charge is 2.35. The van der Waals surface area contributed by atoms with Crippen LogP contribution >= 0.6 is 23.4 Å². The van der Waals surface area contributed by atoms with Gasteiger partial charge in [0.05, 0.1) is 22.4 Å². The smallest absolute Gasteiger partial charge is 0.238 e. The second-order valence-electron chi connectivity index (χ2n) is 6.00. The molecule has 3 rings (SSSR count). The molecule has 0 saturated carbocycles. The van der Waals surface area contributed by atoms with Crippen LogP contribution in [0.25, 0.3) is 0 Å². The molecule has 2 heterocycles. The van der Waals surface area contributed by atoms with Crippen molar-refractivity contribution in [2.24, 2.45) is 0 Å². The Labute approximate surface area is 149 Å². The van der Waals surface area contributed by atoms with Gasteiger partial charge in [0.25, 0.3) is 0 Å². The molecule has 2 amide bonds. The summed E-state index contributed by atoms with van der Waals surface area (Å²) in [6.45, 7) is 0. The fraction of sp³-hybridized carbons (Fsp3) is 0.467. The molecule has 1 aromatic rings. The summed E-state index contributed by atoms with van der Waals surface area (Å²) in [6, 6.07) is 4.92. The van der Waals surface area contributed by atoms with E-state index < -0.39 is 15.1 Å². The molecule has 1 aromatic carbocycles. The summed E-state index contributed by atoms with van der Waals surface area (Å²) in [4.78, 5) is 27.0. The number of fused-ring (bicyclic) bond motifs is 1. The van der Waals surface area contributed by atoms with E-state index in [1.165, 1.54) is 16.7 Å². The number of sulfone groups is 1. The number of anilines is 1. The first-order chi connectivity index (χ1) is 11.2. The van der Waals surface area contributed by atoms with Crippen LogP contribution in [-0.4, -0.2) is 55.0 Å². The zero-order valence-electron chi connectivity index (χ0n) is 13.0. The van der Waals surface area contributed by atoms with Crippen molar-refractivity contribution < 1.29 is 18.0 Å². The number of carbonyl (C=O) groups excluding carboxylic acids is 2. The fourth-order valence-corrected chi connectivity index (χ4v) is 5.87. The number of carbonyl (C=O) groups is 2. The summed E-state index contributed by atoms with van der Waals surface area (Å²) < 4.78 is 23.1. The third-order valence-corrected chi connectivity index (χ3v) is 7.53. The maximum absolute atomic E-state index is 12.4. The molecule has 6 nitrogen and oxygen atoms in total. The molecule has 1 N–H and O–H groups in total. The van der Waals surface area contributed by atoms with Crippen LogP contribution in [0.4, 0.5) is 5.69 Å². The van der Waals surface area contributed by atoms with Crippen molar-refractivity contribution in [3.8, 4) is 0 Å². The number of nitrogens with one attached hydrogen (secondary N) is 1. The first-order valence-electron chi connectivity index (χ1n) is 7.48. The molecule has 0 bridgehead atoms. The average molecular weight is 389 g/mol. The van der Waals surface area contributed by atoms with Gasteiger partial charge >= 0.3 is 0 Å². The van der Waals surface area contributed by atoms with Gasteiger partial charge in [0.2, 0.25) is 11.8 Å². The van der Waals surface area contributed by atoms with E-state index in [-0.39, 0.29) is 35.8 Å². The maximum Gasteiger partial charge on any atom is 0.238 e. The van der Waals surface area contributed by atoms with Crippen LogP contribution in [0.15, 0.2) is 23.1 Å². The van der Waals surface area contributed by atoms with Gasteiger partial charge in [-0.25, -0.2) is 8.42 Å². The summed E-state index contributed by atoms with van der Waals surface area (Å²) >= 11 is 7.24. The molecule has 2 atom stereocenters. The highest BCUT2D eigenvalue weighted by molar-refractivity contribution is 8.01. The van der Waals surface area contributed by atoms with E-state index in [1.54, 1.807) is 19.2 Å². The van der Waals surface area contributed by atoms with Crippen molar-refractivity contribution in [1.82, 2.24) is 4.90 Å². The Bertz CT molecular complexity index is 797. The molecular weight excluding hydrogens is 372 g/mol. The van der Waals surface area contributed by atoms with E-state index >= 15 is 0 Å². The topological polar surface area (TPSA) is 83.6 Å². The van der Waals surface area contributed by atoms with Crippen LogP contribution in [0.5, 0.6) is 0 Å². The van der Waals surface area contributed by atoms with Crippen molar-refractivity contribution in [1.29, 1.82) is 0 Å². The van der Waals surface area contributed by atoms with Gasteiger partial charge in [-0.3, -0.25) is 9.59 Å². The van der Waals surface area contributed by atoms with Gasteiger partial charge in [-0.05, 0) is 24.6 Å².